The number of carbonyl (C=O) groups is 2. The monoisotopic (exact) mass is 465 g/mol. The number of carbonyl (C=O) groups excluding carboxylic acids is 1. The standard InChI is InChI=1S/C20H20BrNO7/c1-22-17(9-5-12(21)18(23)15(6-9)29-4)16(20(25)26)10-7-13(27-2)14(28-3)8-11(10)19(22)24/h5-8,16-17,23H,1-4H3,(H,25,26)/t16-,17-/m1/s1. The Hall–Kier alpha value is -2.94. The van der Waals surface area contributed by atoms with Gasteiger partial charge in [0.25, 0.3) is 5.91 Å². The molecule has 0 unspecified atom stereocenters. The predicted molar refractivity (Wildman–Crippen MR) is 107 cm³/mol. The molecule has 2 atom stereocenters. The molecule has 8 nitrogen and oxygen atoms in total. The zero-order chi connectivity index (χ0) is 21.5. The van der Waals surface area contributed by atoms with E-state index in [1.165, 1.54) is 51.5 Å². The maximum Gasteiger partial charge on any atom is 0.313 e. The van der Waals surface area contributed by atoms with Crippen molar-refractivity contribution < 1.29 is 34.0 Å². The second kappa shape index (κ2) is 7.82. The summed E-state index contributed by atoms with van der Waals surface area (Å²) in [5.41, 5.74) is 1.06. The summed E-state index contributed by atoms with van der Waals surface area (Å²) in [6.07, 6.45) is 0. The highest BCUT2D eigenvalue weighted by Crippen LogP contribution is 2.47. The maximum atomic E-state index is 13.1. The van der Waals surface area contributed by atoms with Gasteiger partial charge in [-0.2, -0.15) is 0 Å². The summed E-state index contributed by atoms with van der Waals surface area (Å²) in [4.78, 5) is 26.8. The van der Waals surface area contributed by atoms with Crippen LogP contribution in [0.25, 0.3) is 0 Å². The second-order valence-electron chi connectivity index (χ2n) is 6.52. The summed E-state index contributed by atoms with van der Waals surface area (Å²) >= 11 is 3.25. The lowest BCUT2D eigenvalue weighted by Crippen LogP contribution is -2.42. The lowest BCUT2D eigenvalue weighted by atomic mass is 9.79. The van der Waals surface area contributed by atoms with Gasteiger partial charge in [-0.05, 0) is 51.3 Å². The number of nitrogens with zero attached hydrogens (tertiary/aromatic N) is 1. The van der Waals surface area contributed by atoms with Crippen molar-refractivity contribution in [3.05, 3.63) is 45.4 Å². The van der Waals surface area contributed by atoms with Crippen molar-refractivity contribution in [2.75, 3.05) is 28.4 Å². The van der Waals surface area contributed by atoms with Crippen molar-refractivity contribution in [3.63, 3.8) is 0 Å². The van der Waals surface area contributed by atoms with Crippen molar-refractivity contribution in [3.8, 4) is 23.0 Å². The number of carboxylic acids is 1. The molecule has 0 spiro atoms. The molecule has 2 aromatic carbocycles. The molecule has 29 heavy (non-hydrogen) atoms. The second-order valence-corrected chi connectivity index (χ2v) is 7.38. The van der Waals surface area contributed by atoms with Crippen LogP contribution < -0.4 is 14.2 Å². The highest BCUT2D eigenvalue weighted by atomic mass is 79.9. The summed E-state index contributed by atoms with van der Waals surface area (Å²) in [6.45, 7) is 0. The van der Waals surface area contributed by atoms with Crippen LogP contribution in [0, 0.1) is 0 Å². The molecule has 0 aliphatic carbocycles. The molecule has 0 aromatic heterocycles. The van der Waals surface area contributed by atoms with E-state index in [9.17, 15) is 19.8 Å². The Morgan fingerprint density at radius 2 is 1.62 bits per heavy atom. The molecular formula is C20H20BrNO7. The Bertz CT molecular complexity index is 991. The van der Waals surface area contributed by atoms with Gasteiger partial charge in [-0.3, -0.25) is 9.59 Å². The molecule has 1 aliphatic rings. The number of carboxylic acid groups (broad SMARTS) is 1. The Labute approximate surface area is 175 Å². The number of aromatic hydroxyl groups is 1. The Morgan fingerprint density at radius 1 is 1.03 bits per heavy atom. The molecule has 2 aromatic rings. The quantitative estimate of drug-likeness (QED) is 0.698. The van der Waals surface area contributed by atoms with E-state index < -0.39 is 17.9 Å². The first-order valence-corrected chi connectivity index (χ1v) is 9.36. The highest BCUT2D eigenvalue weighted by molar-refractivity contribution is 9.10. The van der Waals surface area contributed by atoms with Crippen LogP contribution in [0.5, 0.6) is 23.0 Å². The van der Waals surface area contributed by atoms with E-state index in [2.05, 4.69) is 15.9 Å². The Balaban J connectivity index is 2.27. The molecule has 154 valence electrons. The summed E-state index contributed by atoms with van der Waals surface area (Å²) in [6, 6.07) is 5.28. The van der Waals surface area contributed by atoms with Crippen LogP contribution in [0.4, 0.5) is 0 Å². The number of hydrogen-bond donors (Lipinski definition) is 2. The Morgan fingerprint density at radius 3 is 2.17 bits per heavy atom. The zero-order valence-corrected chi connectivity index (χ0v) is 17.8. The van der Waals surface area contributed by atoms with Gasteiger partial charge in [-0.25, -0.2) is 0 Å². The highest BCUT2D eigenvalue weighted by Gasteiger charge is 2.44. The van der Waals surface area contributed by atoms with Gasteiger partial charge >= 0.3 is 5.97 Å². The van der Waals surface area contributed by atoms with Gasteiger partial charge in [-0.1, -0.05) is 0 Å². The number of hydrogen-bond acceptors (Lipinski definition) is 6. The third-order valence-electron chi connectivity index (χ3n) is 5.05. The smallest absolute Gasteiger partial charge is 0.313 e. The number of ether oxygens (including phenoxy) is 3. The number of benzene rings is 2. The van der Waals surface area contributed by atoms with Crippen molar-refractivity contribution in [1.29, 1.82) is 0 Å². The molecule has 0 fully saturated rings. The molecule has 2 N–H and O–H groups in total. The number of phenolic OH excluding ortho intramolecular Hbond substituents is 1. The fourth-order valence-corrected chi connectivity index (χ4v) is 4.11. The number of methoxy groups -OCH3 is 3. The number of phenols is 1. The number of likely N-dealkylation sites (N-methyl/N-ethyl adjacent to an activating group) is 1. The normalized spacial score (nSPS) is 18.2. The van der Waals surface area contributed by atoms with Crippen molar-refractivity contribution in [2.45, 2.75) is 12.0 Å². The van der Waals surface area contributed by atoms with Crippen molar-refractivity contribution >= 4 is 27.8 Å². The maximum absolute atomic E-state index is 13.1. The molecule has 1 aliphatic heterocycles. The van der Waals surface area contributed by atoms with Crippen LogP contribution in [-0.4, -0.2) is 55.4 Å². The van der Waals surface area contributed by atoms with Crippen LogP contribution in [0.3, 0.4) is 0 Å². The summed E-state index contributed by atoms with van der Waals surface area (Å²) in [7, 11) is 5.81. The van der Waals surface area contributed by atoms with E-state index in [1.54, 1.807) is 6.07 Å². The average molecular weight is 466 g/mol. The molecule has 1 heterocycles. The van der Waals surface area contributed by atoms with Crippen molar-refractivity contribution in [2.24, 2.45) is 0 Å². The third-order valence-corrected chi connectivity index (χ3v) is 5.66. The van der Waals surface area contributed by atoms with E-state index in [-0.39, 0.29) is 23.0 Å². The predicted octanol–water partition coefficient (Wildman–Crippen LogP) is 3.18. The average Bonchev–Trinajstić information content (AvgIpc) is 2.71. The van der Waals surface area contributed by atoms with E-state index in [0.29, 0.717) is 27.1 Å². The number of amides is 1. The molecule has 9 heteroatoms. The summed E-state index contributed by atoms with van der Waals surface area (Å²) in [5, 5.41) is 20.2. The number of rotatable bonds is 5. The van der Waals surface area contributed by atoms with Gasteiger partial charge < -0.3 is 29.3 Å². The molecule has 3 rings (SSSR count). The summed E-state index contributed by atoms with van der Waals surface area (Å²) < 4.78 is 16.1. The number of halogens is 1. The van der Waals surface area contributed by atoms with Gasteiger partial charge in [0, 0.05) is 12.6 Å². The first-order valence-electron chi connectivity index (χ1n) is 8.57. The number of fused-ring (bicyclic) bond motifs is 1. The molecule has 1 amide bonds. The lowest BCUT2D eigenvalue weighted by molar-refractivity contribution is -0.140. The molecule has 0 bridgehead atoms. The first kappa shape index (κ1) is 20.8. The van der Waals surface area contributed by atoms with Gasteiger partial charge in [0.1, 0.15) is 5.92 Å². The van der Waals surface area contributed by atoms with Crippen LogP contribution in [-0.2, 0) is 4.79 Å². The van der Waals surface area contributed by atoms with Crippen LogP contribution in [0.2, 0.25) is 0 Å². The zero-order valence-electron chi connectivity index (χ0n) is 16.2. The largest absolute Gasteiger partial charge is 0.503 e. The lowest BCUT2D eigenvalue weighted by Gasteiger charge is -2.39. The van der Waals surface area contributed by atoms with E-state index in [1.807, 2.05) is 0 Å². The molecule has 0 radical (unpaired) electrons. The van der Waals surface area contributed by atoms with Gasteiger partial charge in [0.15, 0.2) is 23.0 Å². The van der Waals surface area contributed by atoms with Crippen molar-refractivity contribution in [1.82, 2.24) is 4.90 Å². The minimum absolute atomic E-state index is 0.111. The fourth-order valence-electron chi connectivity index (χ4n) is 3.65. The number of aliphatic carboxylic acids is 1. The van der Waals surface area contributed by atoms with Crippen LogP contribution in [0.1, 0.15) is 33.4 Å². The minimum atomic E-state index is -1.11. The minimum Gasteiger partial charge on any atom is -0.503 e. The first-order chi connectivity index (χ1) is 13.7. The summed E-state index contributed by atoms with van der Waals surface area (Å²) in [5.74, 6) is -1.81. The topological polar surface area (TPSA) is 106 Å². The van der Waals surface area contributed by atoms with E-state index in [0.717, 1.165) is 0 Å². The third kappa shape index (κ3) is 3.35. The Kier molecular flexibility index (Phi) is 5.61. The fraction of sp³-hybridized carbons (Fsp3) is 0.300. The SMILES string of the molecule is COc1cc2c(cc1OC)[C@@H](C(=O)O)[C@@H](c1cc(Br)c(O)c(OC)c1)N(C)C2=O. The van der Waals surface area contributed by atoms with Gasteiger partial charge in [-0.15, -0.1) is 0 Å². The van der Waals surface area contributed by atoms with Gasteiger partial charge in [0.2, 0.25) is 0 Å². The van der Waals surface area contributed by atoms with Crippen LogP contribution >= 0.6 is 15.9 Å². The van der Waals surface area contributed by atoms with Gasteiger partial charge in [0.05, 0.1) is 31.8 Å². The van der Waals surface area contributed by atoms with Crippen LogP contribution in [0.15, 0.2) is 28.7 Å². The molecule has 0 saturated carbocycles. The van der Waals surface area contributed by atoms with E-state index in [4.69, 9.17) is 14.2 Å². The van der Waals surface area contributed by atoms with E-state index >= 15 is 0 Å². The molecular weight excluding hydrogens is 446 g/mol. The molecule has 0 saturated heterocycles.